The van der Waals surface area contributed by atoms with E-state index >= 15 is 0 Å². The lowest BCUT2D eigenvalue weighted by atomic mass is 10.0. The fourth-order valence-electron chi connectivity index (χ4n) is 4.83. The third-order valence-electron chi connectivity index (χ3n) is 7.42. The molecule has 0 spiro atoms. The van der Waals surface area contributed by atoms with Gasteiger partial charge in [0, 0.05) is 12.8 Å². The quantitative estimate of drug-likeness (QED) is 0.0332. The van der Waals surface area contributed by atoms with Gasteiger partial charge in [0.1, 0.15) is 13.2 Å². The number of ether oxygens (including phenoxy) is 2. The minimum absolute atomic E-state index is 0.0607. The summed E-state index contributed by atoms with van der Waals surface area (Å²) in [5, 5.41) is 0. The van der Waals surface area contributed by atoms with Gasteiger partial charge in [-0.05, 0) is 38.5 Å². The first-order valence-electron chi connectivity index (χ1n) is 17.1. The van der Waals surface area contributed by atoms with Crippen LogP contribution in [0.5, 0.6) is 0 Å². The Morgan fingerprint density at radius 2 is 0.976 bits per heavy atom. The lowest BCUT2D eigenvalue weighted by Crippen LogP contribution is -2.28. The molecule has 0 unspecified atom stereocenters. The van der Waals surface area contributed by atoms with Crippen LogP contribution in [-0.2, 0) is 28.2 Å². The number of hydrogen-bond acceptors (Lipinski definition) is 6. The Bertz CT molecular complexity index is 624. The van der Waals surface area contributed by atoms with Gasteiger partial charge in [-0.15, -0.1) is 0 Å². The van der Waals surface area contributed by atoms with Crippen molar-refractivity contribution in [2.24, 2.45) is 0 Å². The maximum absolute atomic E-state index is 12.3. The van der Waals surface area contributed by atoms with E-state index in [4.69, 9.17) is 14.0 Å². The van der Waals surface area contributed by atoms with Crippen molar-refractivity contribution >= 4 is 20.6 Å². The zero-order chi connectivity index (χ0) is 30.1. The van der Waals surface area contributed by atoms with Crippen molar-refractivity contribution in [2.75, 3.05) is 13.2 Å². The Balaban J connectivity index is 3.79. The molecule has 0 aliphatic heterocycles. The molecular weight excluding hydrogens is 535 g/mol. The smallest absolute Gasteiger partial charge is 0.327 e. The minimum Gasteiger partial charge on any atom is -0.462 e. The van der Waals surface area contributed by atoms with Gasteiger partial charge in [0.15, 0.2) is 6.10 Å². The van der Waals surface area contributed by atoms with E-state index in [0.717, 1.165) is 44.9 Å². The molecule has 240 valence electrons. The fourth-order valence-corrected chi connectivity index (χ4v) is 5.06. The average molecular weight is 599 g/mol. The van der Waals surface area contributed by atoms with Gasteiger partial charge in [-0.25, -0.2) is 4.57 Å². The molecule has 0 fully saturated rings. The lowest BCUT2D eigenvalue weighted by Gasteiger charge is -2.16. The van der Waals surface area contributed by atoms with E-state index in [1.807, 2.05) is 0 Å². The highest BCUT2D eigenvalue weighted by atomic mass is 31.1. The van der Waals surface area contributed by atoms with Crippen molar-refractivity contribution in [3.8, 4) is 0 Å². The molecule has 0 rings (SSSR count). The van der Waals surface area contributed by atoms with Gasteiger partial charge in [-0.2, -0.15) is 0 Å². The predicted molar refractivity (Wildman–Crippen MR) is 170 cm³/mol. The zero-order valence-electron chi connectivity index (χ0n) is 26.7. The van der Waals surface area contributed by atoms with Crippen molar-refractivity contribution in [1.82, 2.24) is 0 Å². The summed E-state index contributed by atoms with van der Waals surface area (Å²) in [4.78, 5) is 24.4. The summed E-state index contributed by atoms with van der Waals surface area (Å²) < 4.78 is 26.3. The van der Waals surface area contributed by atoms with Crippen LogP contribution < -0.4 is 0 Å². The lowest BCUT2D eigenvalue weighted by molar-refractivity contribution is -0.160. The summed E-state index contributed by atoms with van der Waals surface area (Å²) in [6, 6.07) is 0. The molecule has 0 aliphatic rings. The molecule has 0 heterocycles. The molecule has 41 heavy (non-hydrogen) atoms. The molecule has 0 aromatic carbocycles. The van der Waals surface area contributed by atoms with Crippen molar-refractivity contribution < 1.29 is 28.2 Å². The summed E-state index contributed by atoms with van der Waals surface area (Å²) in [5.74, 6) is -0.617. The Hall–Kier alpha value is -1.26. The van der Waals surface area contributed by atoms with Crippen LogP contribution in [-0.4, -0.2) is 31.3 Å². The highest BCUT2D eigenvalue weighted by Gasteiger charge is 2.17. The molecule has 0 saturated carbocycles. The van der Waals surface area contributed by atoms with Crippen LogP contribution in [0.25, 0.3) is 0 Å². The summed E-state index contributed by atoms with van der Waals surface area (Å²) in [5.41, 5.74) is 0. The summed E-state index contributed by atoms with van der Waals surface area (Å²) in [7, 11) is -0.485. The number of allylic oxidation sites excluding steroid dienone is 2. The Labute approximate surface area is 254 Å². The third-order valence-corrected chi connectivity index (χ3v) is 7.67. The van der Waals surface area contributed by atoms with Crippen molar-refractivity contribution in [3.05, 3.63) is 12.2 Å². The van der Waals surface area contributed by atoms with E-state index in [0.29, 0.717) is 12.8 Å². The summed E-state index contributed by atoms with van der Waals surface area (Å²) in [6.45, 7) is 4.36. The summed E-state index contributed by atoms with van der Waals surface area (Å²) in [6.07, 6.45) is 32.3. The monoisotopic (exact) mass is 598 g/mol. The van der Waals surface area contributed by atoms with Gasteiger partial charge in [0.2, 0.25) is 0 Å². The van der Waals surface area contributed by atoms with Crippen LogP contribution in [0.4, 0.5) is 0 Å². The molecule has 6 nitrogen and oxygen atoms in total. The Morgan fingerprint density at radius 1 is 0.561 bits per heavy atom. The standard InChI is InChI=1S/C34H63O6P/c1-3-5-7-9-11-13-15-17-19-21-23-25-27-29-34(36)40-32(31-39-41-37)30-38-33(35)28-26-24-22-20-18-16-14-12-10-8-6-4-2/h13,15,32H,3-12,14,16-31H2,1-2H3/b15-13-/t32-/m0/s1. The highest BCUT2D eigenvalue weighted by Crippen LogP contribution is 2.14. The molecule has 0 N–H and O–H groups in total. The zero-order valence-corrected chi connectivity index (χ0v) is 27.6. The number of unbranched alkanes of at least 4 members (excludes halogenated alkanes) is 20. The first-order valence-corrected chi connectivity index (χ1v) is 17.8. The molecule has 0 aromatic heterocycles. The van der Waals surface area contributed by atoms with E-state index in [2.05, 4.69) is 26.0 Å². The summed E-state index contributed by atoms with van der Waals surface area (Å²) >= 11 is 0. The molecular formula is C34H63O6P. The van der Waals surface area contributed by atoms with E-state index in [-0.39, 0.29) is 25.2 Å². The van der Waals surface area contributed by atoms with Gasteiger partial charge < -0.3 is 9.47 Å². The van der Waals surface area contributed by atoms with Crippen molar-refractivity contribution in [1.29, 1.82) is 0 Å². The maximum Gasteiger partial charge on any atom is 0.327 e. The molecule has 0 amide bonds. The number of carbonyl (C=O) groups is 2. The molecule has 0 bridgehead atoms. The minimum atomic E-state index is -0.733. The molecule has 0 aliphatic carbocycles. The number of esters is 2. The Morgan fingerprint density at radius 3 is 1.46 bits per heavy atom. The normalized spacial score (nSPS) is 12.2. The topological polar surface area (TPSA) is 78.9 Å². The highest BCUT2D eigenvalue weighted by molar-refractivity contribution is 7.17. The first kappa shape index (κ1) is 39.7. The van der Waals surface area contributed by atoms with Crippen LogP contribution in [0.15, 0.2) is 12.2 Å². The van der Waals surface area contributed by atoms with Gasteiger partial charge >= 0.3 is 20.6 Å². The molecule has 1 atom stereocenters. The fraction of sp³-hybridized carbons (Fsp3) is 0.882. The van der Waals surface area contributed by atoms with E-state index < -0.39 is 14.8 Å². The van der Waals surface area contributed by atoms with Crippen LogP contribution >= 0.6 is 8.69 Å². The second-order valence-corrected chi connectivity index (χ2v) is 11.8. The van der Waals surface area contributed by atoms with Crippen LogP contribution in [0, 0.1) is 0 Å². The third kappa shape index (κ3) is 31.5. The second kappa shape index (κ2) is 33.2. The largest absolute Gasteiger partial charge is 0.462 e. The number of rotatable bonds is 32. The maximum atomic E-state index is 12.3. The molecule has 7 heteroatoms. The predicted octanol–water partition coefficient (Wildman–Crippen LogP) is 11.0. The second-order valence-electron chi connectivity index (χ2n) is 11.4. The van der Waals surface area contributed by atoms with Gasteiger partial charge in [0.05, 0.1) is 0 Å². The van der Waals surface area contributed by atoms with Crippen LogP contribution in [0.2, 0.25) is 0 Å². The van der Waals surface area contributed by atoms with Crippen LogP contribution in [0.3, 0.4) is 0 Å². The van der Waals surface area contributed by atoms with E-state index in [9.17, 15) is 14.2 Å². The van der Waals surface area contributed by atoms with Gasteiger partial charge in [-0.3, -0.25) is 14.1 Å². The van der Waals surface area contributed by atoms with E-state index in [1.54, 1.807) is 0 Å². The molecule has 0 radical (unpaired) electrons. The van der Waals surface area contributed by atoms with E-state index in [1.165, 1.54) is 103 Å². The Kier molecular flexibility index (Phi) is 32.2. The number of hydrogen-bond donors (Lipinski definition) is 0. The SMILES string of the molecule is CCCCCC/C=C\CCCCCCCC(=O)O[C@H](COP=O)COC(=O)CCCCCCCCCCCCCC. The number of carbonyl (C=O) groups excluding carboxylic acids is 2. The molecule has 0 aromatic rings. The van der Waals surface area contributed by atoms with Crippen LogP contribution in [0.1, 0.15) is 174 Å². The van der Waals surface area contributed by atoms with Crippen molar-refractivity contribution in [2.45, 2.75) is 180 Å². The molecule has 0 saturated heterocycles. The van der Waals surface area contributed by atoms with Gasteiger partial charge in [-0.1, -0.05) is 135 Å². The van der Waals surface area contributed by atoms with Crippen molar-refractivity contribution in [3.63, 3.8) is 0 Å². The first-order chi connectivity index (χ1) is 20.1. The van der Waals surface area contributed by atoms with Gasteiger partial charge in [0.25, 0.3) is 0 Å². The average Bonchev–Trinajstić information content (AvgIpc) is 2.97.